The first-order valence-corrected chi connectivity index (χ1v) is 9.11. The van der Waals surface area contributed by atoms with Gasteiger partial charge in [-0.2, -0.15) is 0 Å². The van der Waals surface area contributed by atoms with Gasteiger partial charge in [-0.05, 0) is 42.8 Å². The van der Waals surface area contributed by atoms with Crippen molar-refractivity contribution in [2.75, 3.05) is 0 Å². The highest BCUT2D eigenvalue weighted by atomic mass is 16.5. The number of nitrogens with zero attached hydrogens (tertiary/aromatic N) is 4. The fraction of sp³-hybridized carbons (Fsp3) is 0.0909. The van der Waals surface area contributed by atoms with Crippen molar-refractivity contribution >= 4 is 5.91 Å². The zero-order chi connectivity index (χ0) is 20.1. The van der Waals surface area contributed by atoms with Crippen LogP contribution in [0.25, 0.3) is 5.82 Å². The minimum atomic E-state index is -0.207. The lowest BCUT2D eigenvalue weighted by molar-refractivity contribution is 0.0950. The van der Waals surface area contributed by atoms with E-state index in [2.05, 4.69) is 20.3 Å². The van der Waals surface area contributed by atoms with E-state index in [4.69, 9.17) is 4.74 Å². The van der Waals surface area contributed by atoms with E-state index in [1.165, 1.54) is 6.20 Å². The number of pyridine rings is 2. The Hall–Kier alpha value is -4.00. The highest BCUT2D eigenvalue weighted by Gasteiger charge is 2.08. The number of imidazole rings is 1. The van der Waals surface area contributed by atoms with Crippen molar-refractivity contribution in [2.24, 2.45) is 0 Å². The van der Waals surface area contributed by atoms with Gasteiger partial charge in [0, 0.05) is 37.4 Å². The van der Waals surface area contributed by atoms with Crippen molar-refractivity contribution < 1.29 is 9.53 Å². The zero-order valence-corrected chi connectivity index (χ0v) is 15.8. The summed E-state index contributed by atoms with van der Waals surface area (Å²) in [4.78, 5) is 25.2. The van der Waals surface area contributed by atoms with Gasteiger partial charge in [0.1, 0.15) is 17.4 Å². The van der Waals surface area contributed by atoms with Crippen molar-refractivity contribution in [3.63, 3.8) is 0 Å². The molecule has 1 N–H and O–H groups in total. The van der Waals surface area contributed by atoms with Crippen LogP contribution in [-0.4, -0.2) is 25.4 Å². The van der Waals surface area contributed by atoms with Gasteiger partial charge in [-0.1, -0.05) is 18.2 Å². The highest BCUT2D eigenvalue weighted by Crippen LogP contribution is 2.18. The Labute approximate surface area is 168 Å². The summed E-state index contributed by atoms with van der Waals surface area (Å²) in [5, 5.41) is 2.90. The summed E-state index contributed by atoms with van der Waals surface area (Å²) in [5.74, 6) is 2.53. The van der Waals surface area contributed by atoms with E-state index in [9.17, 15) is 4.79 Å². The number of hydrogen-bond donors (Lipinski definition) is 1. The van der Waals surface area contributed by atoms with Crippen LogP contribution in [0.1, 0.15) is 21.7 Å². The molecule has 29 heavy (non-hydrogen) atoms. The third-order valence-electron chi connectivity index (χ3n) is 4.30. The van der Waals surface area contributed by atoms with Crippen molar-refractivity contribution in [3.05, 3.63) is 96.3 Å². The Morgan fingerprint density at radius 1 is 1.03 bits per heavy atom. The molecule has 0 spiro atoms. The topological polar surface area (TPSA) is 81.9 Å². The van der Waals surface area contributed by atoms with Crippen LogP contribution in [0.3, 0.4) is 0 Å². The SMILES string of the molecule is Cc1nccn1-c1cc(CNC(=O)c2ccc(Oc3ccccc3)nc2)ccn1. The van der Waals surface area contributed by atoms with E-state index in [0.717, 1.165) is 17.2 Å². The standard InChI is InChI=1S/C22H19N5O2/c1-16-23-11-12-27(16)20-13-17(9-10-24-20)14-26-22(28)18-7-8-21(25-15-18)29-19-5-3-2-4-6-19/h2-13,15H,14H2,1H3,(H,26,28). The molecule has 0 aliphatic heterocycles. The smallest absolute Gasteiger partial charge is 0.253 e. The first kappa shape index (κ1) is 18.4. The normalized spacial score (nSPS) is 10.5. The van der Waals surface area contributed by atoms with E-state index in [1.54, 1.807) is 24.5 Å². The van der Waals surface area contributed by atoms with Crippen molar-refractivity contribution in [2.45, 2.75) is 13.5 Å². The molecule has 0 radical (unpaired) electrons. The molecule has 4 aromatic rings. The number of aromatic nitrogens is 4. The summed E-state index contributed by atoms with van der Waals surface area (Å²) in [6.45, 7) is 2.29. The molecule has 1 aromatic carbocycles. The van der Waals surface area contributed by atoms with E-state index in [0.29, 0.717) is 23.7 Å². The van der Waals surface area contributed by atoms with Gasteiger partial charge in [0.2, 0.25) is 5.88 Å². The Morgan fingerprint density at radius 3 is 2.62 bits per heavy atom. The summed E-state index contributed by atoms with van der Waals surface area (Å²) in [6.07, 6.45) is 6.79. The van der Waals surface area contributed by atoms with Crippen molar-refractivity contribution in [1.29, 1.82) is 0 Å². The number of carbonyl (C=O) groups excluding carboxylic acids is 1. The van der Waals surface area contributed by atoms with Crippen LogP contribution in [0.4, 0.5) is 0 Å². The molecule has 3 aromatic heterocycles. The summed E-state index contributed by atoms with van der Waals surface area (Å²) in [6, 6.07) is 16.5. The van der Waals surface area contributed by atoms with Gasteiger partial charge < -0.3 is 10.1 Å². The van der Waals surface area contributed by atoms with Gasteiger partial charge in [-0.15, -0.1) is 0 Å². The molecule has 0 atom stereocenters. The lowest BCUT2D eigenvalue weighted by atomic mass is 10.2. The van der Waals surface area contributed by atoms with Crippen molar-refractivity contribution in [1.82, 2.24) is 24.8 Å². The van der Waals surface area contributed by atoms with Gasteiger partial charge in [0.15, 0.2) is 0 Å². The van der Waals surface area contributed by atoms with Crippen molar-refractivity contribution in [3.8, 4) is 17.4 Å². The number of carbonyl (C=O) groups is 1. The van der Waals surface area contributed by atoms with Crippen LogP contribution in [0.2, 0.25) is 0 Å². The fourth-order valence-electron chi connectivity index (χ4n) is 2.79. The third kappa shape index (κ3) is 4.47. The lowest BCUT2D eigenvalue weighted by Gasteiger charge is -2.09. The Kier molecular flexibility index (Phi) is 5.29. The van der Waals surface area contributed by atoms with Crippen LogP contribution >= 0.6 is 0 Å². The molecule has 4 rings (SSSR count). The lowest BCUT2D eigenvalue weighted by Crippen LogP contribution is -2.23. The van der Waals surface area contributed by atoms with Gasteiger partial charge in [0.25, 0.3) is 5.91 Å². The van der Waals surface area contributed by atoms with E-state index in [-0.39, 0.29) is 5.91 Å². The molecule has 0 aliphatic carbocycles. The van der Waals surface area contributed by atoms with Gasteiger partial charge >= 0.3 is 0 Å². The molecule has 0 aliphatic rings. The minimum absolute atomic E-state index is 0.207. The number of hydrogen-bond acceptors (Lipinski definition) is 5. The second kappa shape index (κ2) is 8.35. The molecule has 0 fully saturated rings. The first-order chi connectivity index (χ1) is 14.2. The molecule has 1 amide bonds. The second-order valence-corrected chi connectivity index (χ2v) is 6.35. The van der Waals surface area contributed by atoms with Gasteiger partial charge in [-0.3, -0.25) is 9.36 Å². The Bertz CT molecular complexity index is 1110. The predicted molar refractivity (Wildman–Crippen MR) is 108 cm³/mol. The molecule has 0 unspecified atom stereocenters. The summed E-state index contributed by atoms with van der Waals surface area (Å²) >= 11 is 0. The first-order valence-electron chi connectivity index (χ1n) is 9.11. The number of amides is 1. The number of nitrogens with one attached hydrogen (secondary N) is 1. The monoisotopic (exact) mass is 385 g/mol. The molecule has 7 heteroatoms. The third-order valence-corrected chi connectivity index (χ3v) is 4.30. The molecule has 144 valence electrons. The largest absolute Gasteiger partial charge is 0.439 e. The molecule has 0 bridgehead atoms. The zero-order valence-electron chi connectivity index (χ0n) is 15.8. The predicted octanol–water partition coefficient (Wildman–Crippen LogP) is 3.69. The van der Waals surface area contributed by atoms with Crippen LogP contribution in [-0.2, 0) is 6.54 Å². The molecule has 0 saturated heterocycles. The van der Waals surface area contributed by atoms with Gasteiger partial charge in [0.05, 0.1) is 5.56 Å². The van der Waals surface area contributed by atoms with Crippen LogP contribution < -0.4 is 10.1 Å². The van der Waals surface area contributed by atoms with E-state index >= 15 is 0 Å². The number of rotatable bonds is 6. The highest BCUT2D eigenvalue weighted by molar-refractivity contribution is 5.93. The molecule has 7 nitrogen and oxygen atoms in total. The molecule has 0 saturated carbocycles. The maximum Gasteiger partial charge on any atom is 0.253 e. The number of aryl methyl sites for hydroxylation is 1. The molecular weight excluding hydrogens is 366 g/mol. The quantitative estimate of drug-likeness (QED) is 0.547. The summed E-state index contributed by atoms with van der Waals surface area (Å²) < 4.78 is 7.53. The molecule has 3 heterocycles. The van der Waals surface area contributed by atoms with Crippen LogP contribution in [0, 0.1) is 6.92 Å². The average Bonchev–Trinajstić information content (AvgIpc) is 3.19. The van der Waals surface area contributed by atoms with Gasteiger partial charge in [-0.25, -0.2) is 15.0 Å². The number of benzene rings is 1. The number of para-hydroxylation sites is 1. The van der Waals surface area contributed by atoms with Crippen LogP contribution in [0.5, 0.6) is 11.6 Å². The summed E-state index contributed by atoms with van der Waals surface area (Å²) in [7, 11) is 0. The average molecular weight is 385 g/mol. The van der Waals surface area contributed by atoms with E-state index in [1.807, 2.05) is 60.2 Å². The minimum Gasteiger partial charge on any atom is -0.439 e. The Balaban J connectivity index is 1.38. The Morgan fingerprint density at radius 2 is 1.90 bits per heavy atom. The molecular formula is C22H19N5O2. The maximum atomic E-state index is 12.4. The van der Waals surface area contributed by atoms with E-state index < -0.39 is 0 Å². The maximum absolute atomic E-state index is 12.4. The summed E-state index contributed by atoms with van der Waals surface area (Å²) in [5.41, 5.74) is 1.40. The number of ether oxygens (including phenoxy) is 1. The van der Waals surface area contributed by atoms with Crippen LogP contribution in [0.15, 0.2) is 79.4 Å². The second-order valence-electron chi connectivity index (χ2n) is 6.35. The fourth-order valence-corrected chi connectivity index (χ4v) is 2.79.